The van der Waals surface area contributed by atoms with Crippen LogP contribution < -0.4 is 11.1 Å². The number of amides is 1. The van der Waals surface area contributed by atoms with Crippen molar-refractivity contribution in [2.45, 2.75) is 89.3 Å². The van der Waals surface area contributed by atoms with Crippen LogP contribution in [0.4, 0.5) is 13.6 Å². The standard InChI is InChI=1S/C23H33F2N5O2/c1-22(2,3)32-21(31)29-20(15-7-9-23(24,25)10-8-15)17-13-30-18(28-17)11-16(12-27-30)19(26)14-5-4-6-14/h11-15,19-20H,4-10,26H2,1-3H3,(H,29,31)/t19?,20-/m0/s1. The molecule has 1 amide bonds. The first kappa shape index (κ1) is 22.9. The van der Waals surface area contributed by atoms with Crippen LogP contribution in [-0.4, -0.2) is 32.2 Å². The number of imidazole rings is 1. The van der Waals surface area contributed by atoms with E-state index in [0.29, 0.717) is 30.1 Å². The molecular weight excluding hydrogens is 416 g/mol. The molecule has 1 unspecified atom stereocenters. The highest BCUT2D eigenvalue weighted by Crippen LogP contribution is 2.41. The first-order valence-corrected chi connectivity index (χ1v) is 11.5. The summed E-state index contributed by atoms with van der Waals surface area (Å²) < 4.78 is 34.6. The van der Waals surface area contributed by atoms with E-state index in [4.69, 9.17) is 15.5 Å². The third-order valence-corrected chi connectivity index (χ3v) is 6.63. The molecule has 0 radical (unpaired) electrons. The lowest BCUT2D eigenvalue weighted by Crippen LogP contribution is -2.40. The van der Waals surface area contributed by atoms with Crippen LogP contribution in [0.25, 0.3) is 5.65 Å². The van der Waals surface area contributed by atoms with E-state index >= 15 is 0 Å². The third-order valence-electron chi connectivity index (χ3n) is 6.63. The molecule has 2 aliphatic rings. The third kappa shape index (κ3) is 5.19. The maximum atomic E-state index is 13.8. The molecule has 9 heteroatoms. The van der Waals surface area contributed by atoms with Gasteiger partial charge in [0.2, 0.25) is 5.92 Å². The van der Waals surface area contributed by atoms with Crippen LogP contribution in [-0.2, 0) is 4.74 Å². The molecule has 2 aromatic rings. The SMILES string of the molecule is CC(C)(C)OC(=O)N[C@H](c1cn2ncc(C(N)C3CCC3)cc2n1)C1CCC(F)(F)CC1. The van der Waals surface area contributed by atoms with Gasteiger partial charge in [-0.05, 0) is 69.9 Å². The minimum Gasteiger partial charge on any atom is -0.444 e. The second kappa shape index (κ2) is 8.57. The van der Waals surface area contributed by atoms with E-state index in [1.165, 1.54) is 6.42 Å². The molecule has 2 aliphatic carbocycles. The number of hydrogen-bond acceptors (Lipinski definition) is 5. The van der Waals surface area contributed by atoms with Crippen LogP contribution in [0.15, 0.2) is 18.5 Å². The van der Waals surface area contributed by atoms with Crippen molar-refractivity contribution in [3.63, 3.8) is 0 Å². The topological polar surface area (TPSA) is 94.5 Å². The smallest absolute Gasteiger partial charge is 0.408 e. The maximum absolute atomic E-state index is 13.8. The highest BCUT2D eigenvalue weighted by Gasteiger charge is 2.39. The molecule has 176 valence electrons. The molecule has 2 fully saturated rings. The number of nitrogens with one attached hydrogen (secondary N) is 1. The second-order valence-electron chi connectivity index (χ2n) is 10.3. The van der Waals surface area contributed by atoms with Gasteiger partial charge in [-0.25, -0.2) is 23.1 Å². The van der Waals surface area contributed by atoms with Crippen LogP contribution in [0.2, 0.25) is 0 Å². The minimum absolute atomic E-state index is 0.0716. The predicted octanol–water partition coefficient (Wildman–Crippen LogP) is 4.92. The van der Waals surface area contributed by atoms with Crippen molar-refractivity contribution in [2.75, 3.05) is 0 Å². The predicted molar refractivity (Wildman–Crippen MR) is 116 cm³/mol. The molecule has 2 atom stereocenters. The molecule has 0 aliphatic heterocycles. The number of aromatic nitrogens is 3. The Kier molecular flexibility index (Phi) is 6.13. The van der Waals surface area contributed by atoms with E-state index in [9.17, 15) is 13.6 Å². The van der Waals surface area contributed by atoms with Gasteiger partial charge in [-0.2, -0.15) is 5.10 Å². The number of rotatable bonds is 5. The number of ether oxygens (including phenoxy) is 1. The van der Waals surface area contributed by atoms with Crippen molar-refractivity contribution >= 4 is 11.7 Å². The number of alkyl halides is 2. The zero-order chi connectivity index (χ0) is 23.1. The van der Waals surface area contributed by atoms with E-state index in [1.807, 2.05) is 6.07 Å². The van der Waals surface area contributed by atoms with Gasteiger partial charge >= 0.3 is 6.09 Å². The molecule has 0 spiro atoms. The Labute approximate surface area is 187 Å². The summed E-state index contributed by atoms with van der Waals surface area (Å²) in [6.45, 7) is 5.35. The van der Waals surface area contributed by atoms with E-state index in [-0.39, 0.29) is 24.8 Å². The van der Waals surface area contributed by atoms with Crippen LogP contribution >= 0.6 is 0 Å². The normalized spacial score (nSPS) is 21.7. The number of nitrogens with zero attached hydrogens (tertiary/aromatic N) is 3. The molecule has 3 N–H and O–H groups in total. The monoisotopic (exact) mass is 449 g/mol. The quantitative estimate of drug-likeness (QED) is 0.676. The van der Waals surface area contributed by atoms with Crippen molar-refractivity contribution in [3.8, 4) is 0 Å². The van der Waals surface area contributed by atoms with Gasteiger partial charge in [0, 0.05) is 18.9 Å². The lowest BCUT2D eigenvalue weighted by Gasteiger charge is -2.33. The Bertz CT molecular complexity index is 957. The molecule has 7 nitrogen and oxygen atoms in total. The van der Waals surface area contributed by atoms with E-state index in [2.05, 4.69) is 10.4 Å². The molecule has 4 rings (SSSR count). The molecule has 2 aromatic heterocycles. The Balaban J connectivity index is 1.59. The van der Waals surface area contributed by atoms with Gasteiger partial charge in [0.25, 0.3) is 0 Å². The number of alkyl carbamates (subject to hydrolysis) is 1. The molecule has 0 saturated heterocycles. The molecule has 2 heterocycles. The Morgan fingerprint density at radius 3 is 2.53 bits per heavy atom. The zero-order valence-corrected chi connectivity index (χ0v) is 19.0. The van der Waals surface area contributed by atoms with Crippen LogP contribution in [0.5, 0.6) is 0 Å². The van der Waals surface area contributed by atoms with Gasteiger partial charge in [-0.15, -0.1) is 0 Å². The summed E-state index contributed by atoms with van der Waals surface area (Å²) in [7, 11) is 0. The number of nitrogens with two attached hydrogens (primary N) is 1. The zero-order valence-electron chi connectivity index (χ0n) is 19.0. The van der Waals surface area contributed by atoms with Gasteiger partial charge in [-0.3, -0.25) is 0 Å². The Morgan fingerprint density at radius 1 is 1.25 bits per heavy atom. The number of halogens is 2. The second-order valence-corrected chi connectivity index (χ2v) is 10.3. The fourth-order valence-corrected chi connectivity index (χ4v) is 4.58. The average molecular weight is 450 g/mol. The summed E-state index contributed by atoms with van der Waals surface area (Å²) in [5.74, 6) is -2.34. The fourth-order valence-electron chi connectivity index (χ4n) is 4.58. The summed E-state index contributed by atoms with van der Waals surface area (Å²) in [6.07, 6.45) is 6.59. The number of fused-ring (bicyclic) bond motifs is 1. The van der Waals surface area contributed by atoms with Crippen LogP contribution in [0, 0.1) is 11.8 Å². The van der Waals surface area contributed by atoms with Gasteiger partial charge in [-0.1, -0.05) is 6.42 Å². The van der Waals surface area contributed by atoms with Gasteiger partial charge in [0.1, 0.15) is 5.60 Å². The van der Waals surface area contributed by atoms with Crippen molar-refractivity contribution in [1.29, 1.82) is 0 Å². The van der Waals surface area contributed by atoms with Crippen molar-refractivity contribution in [3.05, 3.63) is 29.7 Å². The lowest BCUT2D eigenvalue weighted by molar-refractivity contribution is -0.0500. The maximum Gasteiger partial charge on any atom is 0.408 e. The summed E-state index contributed by atoms with van der Waals surface area (Å²) >= 11 is 0. The molecule has 2 saturated carbocycles. The number of carbonyl (C=O) groups is 1. The van der Waals surface area contributed by atoms with Gasteiger partial charge < -0.3 is 15.8 Å². The highest BCUT2D eigenvalue weighted by molar-refractivity contribution is 5.68. The van der Waals surface area contributed by atoms with E-state index < -0.39 is 23.7 Å². The van der Waals surface area contributed by atoms with E-state index in [1.54, 1.807) is 37.7 Å². The summed E-state index contributed by atoms with van der Waals surface area (Å²) in [5, 5.41) is 7.35. The number of carbonyl (C=O) groups excluding carboxylic acids is 1. The minimum atomic E-state index is -2.65. The molecule has 0 aromatic carbocycles. The highest BCUT2D eigenvalue weighted by atomic mass is 19.3. The van der Waals surface area contributed by atoms with Crippen LogP contribution in [0.3, 0.4) is 0 Å². The molecule has 0 bridgehead atoms. The largest absolute Gasteiger partial charge is 0.444 e. The van der Waals surface area contributed by atoms with Gasteiger partial charge in [0.05, 0.1) is 24.1 Å². The fraction of sp³-hybridized carbons (Fsp3) is 0.696. The number of hydrogen-bond donors (Lipinski definition) is 2. The lowest BCUT2D eigenvalue weighted by atomic mass is 9.78. The van der Waals surface area contributed by atoms with Crippen molar-refractivity contribution < 1.29 is 18.3 Å². The van der Waals surface area contributed by atoms with Crippen molar-refractivity contribution in [2.24, 2.45) is 17.6 Å². The van der Waals surface area contributed by atoms with Crippen molar-refractivity contribution in [1.82, 2.24) is 19.9 Å². The van der Waals surface area contributed by atoms with E-state index in [0.717, 1.165) is 18.4 Å². The first-order valence-electron chi connectivity index (χ1n) is 11.5. The first-order chi connectivity index (χ1) is 15.0. The Hall–Kier alpha value is -2.29. The van der Waals surface area contributed by atoms with Gasteiger partial charge in [0.15, 0.2) is 5.65 Å². The Morgan fingerprint density at radius 2 is 1.94 bits per heavy atom. The summed E-state index contributed by atoms with van der Waals surface area (Å²) in [4.78, 5) is 17.2. The average Bonchev–Trinajstić information content (AvgIpc) is 3.06. The van der Waals surface area contributed by atoms with Crippen LogP contribution in [0.1, 0.15) is 89.1 Å². The summed E-state index contributed by atoms with van der Waals surface area (Å²) in [6, 6.07) is 1.32. The molecule has 32 heavy (non-hydrogen) atoms. The molecular formula is C23H33F2N5O2. The summed E-state index contributed by atoms with van der Waals surface area (Å²) in [5.41, 5.74) is 7.90.